The predicted octanol–water partition coefficient (Wildman–Crippen LogP) is 10.5. The van der Waals surface area contributed by atoms with Crippen LogP contribution in [0.5, 0.6) is 0 Å². The van der Waals surface area contributed by atoms with Gasteiger partial charge in [0.2, 0.25) is 0 Å². The third kappa shape index (κ3) is 36.1. The van der Waals surface area contributed by atoms with Crippen molar-refractivity contribution in [1.82, 2.24) is 0 Å². The van der Waals surface area contributed by atoms with E-state index in [0.29, 0.717) is 23.9 Å². The number of carbonyl (C=O) groups excluding carboxylic acids is 2. The number of carbonyl (C=O) groups is 3. The molecule has 0 aromatic rings. The van der Waals surface area contributed by atoms with E-state index in [1.807, 2.05) is 21.1 Å². The summed E-state index contributed by atoms with van der Waals surface area (Å²) in [6, 6.07) is 0. The normalized spacial score (nSPS) is 13.2. The maximum atomic E-state index is 12.7. The Kier molecular flexibility index (Phi) is 34.2. The van der Waals surface area contributed by atoms with Gasteiger partial charge in [0.1, 0.15) is 13.2 Å². The van der Waals surface area contributed by atoms with Crippen molar-refractivity contribution in [2.24, 2.45) is 0 Å². The first-order valence-electron chi connectivity index (χ1n) is 21.0. The zero-order valence-corrected chi connectivity index (χ0v) is 34.2. The molecule has 0 aromatic carbocycles. The molecule has 2 unspecified atom stereocenters. The van der Waals surface area contributed by atoms with Crippen LogP contribution in [-0.4, -0.2) is 87.4 Å². The smallest absolute Gasteiger partial charge is 0.361 e. The molecule has 1 N–H and O–H groups in total. The van der Waals surface area contributed by atoms with E-state index in [4.69, 9.17) is 18.9 Å². The van der Waals surface area contributed by atoms with Crippen LogP contribution >= 0.6 is 0 Å². The van der Waals surface area contributed by atoms with Crippen LogP contribution in [0.4, 0.5) is 0 Å². The number of ether oxygens (including phenoxy) is 4. The van der Waals surface area contributed by atoms with Gasteiger partial charge in [-0.1, -0.05) is 141 Å². The molecule has 0 fully saturated rings. The molecule has 0 rings (SSSR count). The Bertz CT molecular complexity index is 913. The first-order chi connectivity index (χ1) is 25.1. The van der Waals surface area contributed by atoms with Crippen molar-refractivity contribution >= 4 is 17.9 Å². The number of esters is 2. The standard InChI is InChI=1S/C43H79NO8/c1-6-8-10-12-14-16-18-19-20-21-22-24-26-28-30-32-34-41(46)52-39(38-51-43(42(47)48)49-36-35-44(3,4)5)37-50-40(45)33-31-29-27-25-23-17-15-13-11-9-7-2/h16,18,20-21,39,43H,6-15,17,19,22-38H2,1-5H3/p+1/b18-16-,21-20-. The number of aliphatic carboxylic acids is 1. The second-order valence-corrected chi connectivity index (χ2v) is 15.3. The molecule has 304 valence electrons. The highest BCUT2D eigenvalue weighted by atomic mass is 16.7. The minimum atomic E-state index is -1.51. The van der Waals surface area contributed by atoms with Crippen molar-refractivity contribution in [3.8, 4) is 0 Å². The Morgan fingerprint density at radius 3 is 1.54 bits per heavy atom. The minimum absolute atomic E-state index is 0.184. The summed E-state index contributed by atoms with van der Waals surface area (Å²) in [6.45, 7) is 4.82. The first-order valence-corrected chi connectivity index (χ1v) is 21.0. The average Bonchev–Trinajstić information content (AvgIpc) is 3.09. The topological polar surface area (TPSA) is 108 Å². The molecular formula is C43H80NO8+. The molecule has 0 aromatic heterocycles. The number of nitrogens with zero attached hydrogens (tertiary/aromatic N) is 1. The van der Waals surface area contributed by atoms with E-state index in [1.165, 1.54) is 83.5 Å². The number of hydrogen-bond donors (Lipinski definition) is 1. The van der Waals surface area contributed by atoms with Gasteiger partial charge in [0.05, 0.1) is 34.4 Å². The molecule has 0 aliphatic heterocycles. The van der Waals surface area contributed by atoms with Crippen LogP contribution < -0.4 is 0 Å². The number of hydrogen-bond acceptors (Lipinski definition) is 7. The van der Waals surface area contributed by atoms with Crippen molar-refractivity contribution in [2.75, 3.05) is 47.5 Å². The van der Waals surface area contributed by atoms with Crippen LogP contribution in [0.15, 0.2) is 24.3 Å². The van der Waals surface area contributed by atoms with Gasteiger partial charge in [0.25, 0.3) is 6.29 Å². The van der Waals surface area contributed by atoms with E-state index in [0.717, 1.165) is 57.8 Å². The lowest BCUT2D eigenvalue weighted by Gasteiger charge is -2.25. The Balaban J connectivity index is 4.50. The maximum absolute atomic E-state index is 12.7. The summed E-state index contributed by atoms with van der Waals surface area (Å²) in [5.74, 6) is -2.02. The summed E-state index contributed by atoms with van der Waals surface area (Å²) in [5.41, 5.74) is 0. The highest BCUT2D eigenvalue weighted by molar-refractivity contribution is 5.71. The molecule has 0 radical (unpaired) electrons. The fraction of sp³-hybridized carbons (Fsp3) is 0.837. The number of quaternary nitrogens is 1. The van der Waals surface area contributed by atoms with Gasteiger partial charge in [0, 0.05) is 12.8 Å². The fourth-order valence-corrected chi connectivity index (χ4v) is 5.63. The molecule has 0 bridgehead atoms. The molecule has 0 spiro atoms. The van der Waals surface area contributed by atoms with Gasteiger partial charge in [-0.05, 0) is 44.9 Å². The molecule has 0 aliphatic rings. The summed E-state index contributed by atoms with van der Waals surface area (Å²) in [4.78, 5) is 37.0. The highest BCUT2D eigenvalue weighted by Gasteiger charge is 2.25. The average molecular weight is 739 g/mol. The van der Waals surface area contributed by atoms with Gasteiger partial charge >= 0.3 is 17.9 Å². The molecular weight excluding hydrogens is 658 g/mol. The Hall–Kier alpha value is -2.23. The van der Waals surface area contributed by atoms with Gasteiger partial charge in [0.15, 0.2) is 6.10 Å². The van der Waals surface area contributed by atoms with Crippen LogP contribution in [0.2, 0.25) is 0 Å². The van der Waals surface area contributed by atoms with Crippen molar-refractivity contribution in [2.45, 2.75) is 187 Å². The SMILES string of the molecule is CCCCCC/C=C\C/C=C\CCCCCCCC(=O)OC(COC(=O)CCCCCCCCCCCCC)COC(OCC[N+](C)(C)C)C(=O)O. The fourth-order valence-electron chi connectivity index (χ4n) is 5.63. The van der Waals surface area contributed by atoms with Gasteiger partial charge in [-0.3, -0.25) is 9.59 Å². The van der Waals surface area contributed by atoms with Gasteiger partial charge < -0.3 is 28.5 Å². The van der Waals surface area contributed by atoms with Crippen LogP contribution in [0.1, 0.15) is 174 Å². The predicted molar refractivity (Wildman–Crippen MR) is 212 cm³/mol. The number of unbranched alkanes of at least 4 members (excludes halogenated alkanes) is 19. The lowest BCUT2D eigenvalue weighted by Crippen LogP contribution is -2.40. The lowest BCUT2D eigenvalue weighted by atomic mass is 10.1. The largest absolute Gasteiger partial charge is 0.477 e. The second kappa shape index (κ2) is 35.8. The summed E-state index contributed by atoms with van der Waals surface area (Å²) in [7, 11) is 5.94. The Morgan fingerprint density at radius 1 is 0.577 bits per heavy atom. The van der Waals surface area contributed by atoms with E-state index >= 15 is 0 Å². The molecule has 9 nitrogen and oxygen atoms in total. The number of rotatable bonds is 38. The third-order valence-electron chi connectivity index (χ3n) is 8.96. The molecule has 0 saturated heterocycles. The molecule has 0 heterocycles. The molecule has 52 heavy (non-hydrogen) atoms. The van der Waals surface area contributed by atoms with Gasteiger partial charge in [-0.2, -0.15) is 0 Å². The first kappa shape index (κ1) is 49.8. The van der Waals surface area contributed by atoms with Crippen LogP contribution in [-0.2, 0) is 33.3 Å². The maximum Gasteiger partial charge on any atom is 0.361 e. The zero-order chi connectivity index (χ0) is 38.5. The third-order valence-corrected chi connectivity index (χ3v) is 8.96. The Morgan fingerprint density at radius 2 is 1.04 bits per heavy atom. The van der Waals surface area contributed by atoms with Crippen molar-refractivity contribution < 1.29 is 42.9 Å². The van der Waals surface area contributed by atoms with E-state index in [2.05, 4.69) is 38.2 Å². The second-order valence-electron chi connectivity index (χ2n) is 15.3. The molecule has 0 aliphatic carbocycles. The molecule has 2 atom stereocenters. The monoisotopic (exact) mass is 739 g/mol. The van der Waals surface area contributed by atoms with Crippen LogP contribution in [0, 0.1) is 0 Å². The molecule has 0 saturated carbocycles. The van der Waals surface area contributed by atoms with Gasteiger partial charge in [-0.25, -0.2) is 4.79 Å². The number of carboxylic acids is 1. The van der Waals surface area contributed by atoms with E-state index in [1.54, 1.807) is 0 Å². The van der Waals surface area contributed by atoms with Gasteiger partial charge in [-0.15, -0.1) is 0 Å². The van der Waals surface area contributed by atoms with Crippen molar-refractivity contribution in [3.05, 3.63) is 24.3 Å². The number of carboxylic acid groups (broad SMARTS) is 1. The van der Waals surface area contributed by atoms with Crippen molar-refractivity contribution in [3.63, 3.8) is 0 Å². The lowest BCUT2D eigenvalue weighted by molar-refractivity contribution is -0.870. The number of allylic oxidation sites excluding steroid dienone is 4. The van der Waals surface area contributed by atoms with E-state index in [-0.39, 0.29) is 32.2 Å². The highest BCUT2D eigenvalue weighted by Crippen LogP contribution is 2.14. The minimum Gasteiger partial charge on any atom is -0.477 e. The van der Waals surface area contributed by atoms with E-state index in [9.17, 15) is 19.5 Å². The summed E-state index contributed by atoms with van der Waals surface area (Å²) in [5, 5.41) is 9.60. The van der Waals surface area contributed by atoms with Crippen molar-refractivity contribution in [1.29, 1.82) is 0 Å². The Labute approximate surface area is 318 Å². The molecule has 0 amide bonds. The van der Waals surface area contributed by atoms with E-state index < -0.39 is 24.3 Å². The van der Waals surface area contributed by atoms with Crippen LogP contribution in [0.3, 0.4) is 0 Å². The number of likely N-dealkylation sites (N-methyl/N-ethyl adjacent to an activating group) is 1. The van der Waals surface area contributed by atoms with Crippen LogP contribution in [0.25, 0.3) is 0 Å². The summed E-state index contributed by atoms with van der Waals surface area (Å²) in [6.07, 6.45) is 33.7. The molecule has 9 heteroatoms. The summed E-state index contributed by atoms with van der Waals surface area (Å²) < 4.78 is 22.6. The quantitative estimate of drug-likeness (QED) is 0.0219. The zero-order valence-electron chi connectivity index (χ0n) is 34.2. The summed E-state index contributed by atoms with van der Waals surface area (Å²) >= 11 is 0.